The summed E-state index contributed by atoms with van der Waals surface area (Å²) in [6.07, 6.45) is 0. The van der Waals surface area contributed by atoms with Gasteiger partial charge in [0.1, 0.15) is 11.2 Å². The number of aryl methyl sites for hydroxylation is 1. The van der Waals surface area contributed by atoms with Crippen molar-refractivity contribution >= 4 is 22.8 Å². The largest absolute Gasteiger partial charge is 0.383 e. The van der Waals surface area contributed by atoms with Crippen LogP contribution in [0.3, 0.4) is 0 Å². The summed E-state index contributed by atoms with van der Waals surface area (Å²) in [6, 6.07) is 0. The van der Waals surface area contributed by atoms with Gasteiger partial charge in [-0.1, -0.05) is 0 Å². The number of aromatic nitrogens is 4. The molecule has 8 heteroatoms. The molecule has 0 spiro atoms. The molecule has 16 heavy (non-hydrogen) atoms. The second kappa shape index (κ2) is 3.33. The van der Waals surface area contributed by atoms with E-state index in [0.29, 0.717) is 6.54 Å². The van der Waals surface area contributed by atoms with E-state index in [4.69, 9.17) is 11.5 Å². The highest BCUT2D eigenvalue weighted by Crippen LogP contribution is 2.12. The number of hydrogen-bond donors (Lipinski definition) is 3. The highest BCUT2D eigenvalue weighted by Gasteiger charge is 2.12. The lowest BCUT2D eigenvalue weighted by atomic mass is 10.3. The van der Waals surface area contributed by atoms with E-state index in [2.05, 4.69) is 15.0 Å². The van der Waals surface area contributed by atoms with E-state index < -0.39 is 11.2 Å². The zero-order valence-corrected chi connectivity index (χ0v) is 8.52. The molecule has 0 aliphatic carbocycles. The Morgan fingerprint density at radius 1 is 1.31 bits per heavy atom. The van der Waals surface area contributed by atoms with Crippen LogP contribution < -0.4 is 22.7 Å². The molecule has 84 valence electrons. The predicted molar refractivity (Wildman–Crippen MR) is 58.9 cm³/mol. The van der Waals surface area contributed by atoms with Crippen LogP contribution in [0.1, 0.15) is 6.92 Å². The molecule has 0 atom stereocenters. The van der Waals surface area contributed by atoms with Crippen LogP contribution in [-0.2, 0) is 6.54 Å². The molecule has 2 aromatic rings. The van der Waals surface area contributed by atoms with Crippen molar-refractivity contribution in [3.63, 3.8) is 0 Å². The standard InChI is InChI=1S/C8H10N6O2/c1-2-14-5-3(6(15)13-8(14)16)4(9)11-7(10)12-5/h2H2,1H3,(H,13,15,16)(H4,9,10,11,12). The third-order valence-electron chi connectivity index (χ3n) is 2.20. The SMILES string of the molecule is CCn1c(=O)[nH]c(=O)c2c(N)nc(N)nc21. The average Bonchev–Trinajstić information content (AvgIpc) is 2.15. The molecule has 0 aliphatic heterocycles. The molecule has 5 N–H and O–H groups in total. The van der Waals surface area contributed by atoms with E-state index in [1.165, 1.54) is 4.57 Å². The van der Waals surface area contributed by atoms with Gasteiger partial charge in [0, 0.05) is 6.54 Å². The summed E-state index contributed by atoms with van der Waals surface area (Å²) in [4.78, 5) is 32.7. The second-order valence-electron chi connectivity index (χ2n) is 3.17. The van der Waals surface area contributed by atoms with Crippen LogP contribution in [0.4, 0.5) is 11.8 Å². The van der Waals surface area contributed by atoms with Crippen molar-refractivity contribution in [3.05, 3.63) is 20.8 Å². The maximum atomic E-state index is 11.5. The van der Waals surface area contributed by atoms with Gasteiger partial charge < -0.3 is 11.5 Å². The van der Waals surface area contributed by atoms with Gasteiger partial charge >= 0.3 is 5.69 Å². The number of hydrogen-bond acceptors (Lipinski definition) is 6. The summed E-state index contributed by atoms with van der Waals surface area (Å²) in [7, 11) is 0. The Kier molecular flexibility index (Phi) is 2.11. The first-order valence-electron chi connectivity index (χ1n) is 4.60. The number of anilines is 2. The van der Waals surface area contributed by atoms with Gasteiger partial charge in [0.05, 0.1) is 0 Å². The normalized spacial score (nSPS) is 10.8. The number of nitrogens with one attached hydrogen (secondary N) is 1. The number of fused-ring (bicyclic) bond motifs is 1. The molecule has 0 bridgehead atoms. The summed E-state index contributed by atoms with van der Waals surface area (Å²) < 4.78 is 1.27. The first-order chi connectivity index (χ1) is 7.54. The monoisotopic (exact) mass is 222 g/mol. The van der Waals surface area contributed by atoms with Crippen LogP contribution in [0, 0.1) is 0 Å². The van der Waals surface area contributed by atoms with Gasteiger partial charge in [0.25, 0.3) is 5.56 Å². The Balaban J connectivity index is 3.12. The van der Waals surface area contributed by atoms with Gasteiger partial charge in [-0.3, -0.25) is 14.3 Å². The summed E-state index contributed by atoms with van der Waals surface area (Å²) in [6.45, 7) is 2.09. The van der Waals surface area contributed by atoms with Crippen molar-refractivity contribution in [1.29, 1.82) is 0 Å². The number of H-pyrrole nitrogens is 1. The van der Waals surface area contributed by atoms with Gasteiger partial charge in [-0.15, -0.1) is 0 Å². The fourth-order valence-corrected chi connectivity index (χ4v) is 1.51. The third kappa shape index (κ3) is 1.31. The molecule has 0 amide bonds. The molecule has 0 fully saturated rings. The number of rotatable bonds is 1. The third-order valence-corrected chi connectivity index (χ3v) is 2.20. The summed E-state index contributed by atoms with van der Waals surface area (Å²) in [5.41, 5.74) is 9.98. The Morgan fingerprint density at radius 2 is 2.00 bits per heavy atom. The maximum absolute atomic E-state index is 11.5. The Bertz CT molecular complexity index is 671. The van der Waals surface area contributed by atoms with Crippen LogP contribution >= 0.6 is 0 Å². The Hall–Kier alpha value is -2.38. The first-order valence-corrected chi connectivity index (χ1v) is 4.60. The van der Waals surface area contributed by atoms with E-state index in [1.54, 1.807) is 6.92 Å². The van der Waals surface area contributed by atoms with E-state index in [-0.39, 0.29) is 22.8 Å². The number of aromatic amines is 1. The number of nitrogens with zero attached hydrogens (tertiary/aromatic N) is 3. The molecule has 8 nitrogen and oxygen atoms in total. The molecule has 2 heterocycles. The van der Waals surface area contributed by atoms with Crippen molar-refractivity contribution in [2.24, 2.45) is 0 Å². The Labute approximate surface area is 88.9 Å². The second-order valence-corrected chi connectivity index (χ2v) is 3.17. The first kappa shape index (κ1) is 10.1. The molecule has 2 aromatic heterocycles. The lowest BCUT2D eigenvalue weighted by molar-refractivity contribution is 0.717. The fourth-order valence-electron chi connectivity index (χ4n) is 1.51. The van der Waals surface area contributed by atoms with E-state index >= 15 is 0 Å². The minimum absolute atomic E-state index is 0.0362. The van der Waals surface area contributed by atoms with Gasteiger partial charge in [-0.05, 0) is 6.92 Å². The van der Waals surface area contributed by atoms with E-state index in [0.717, 1.165) is 0 Å². The lowest BCUT2D eigenvalue weighted by Gasteiger charge is -2.07. The van der Waals surface area contributed by atoms with Crippen LogP contribution in [0.2, 0.25) is 0 Å². The molecular formula is C8H10N6O2. The molecule has 0 saturated carbocycles. The van der Waals surface area contributed by atoms with Gasteiger partial charge in [-0.2, -0.15) is 9.97 Å². The van der Waals surface area contributed by atoms with Gasteiger partial charge in [0.15, 0.2) is 5.65 Å². The zero-order valence-electron chi connectivity index (χ0n) is 8.52. The quantitative estimate of drug-likeness (QED) is 0.547. The van der Waals surface area contributed by atoms with Crippen molar-refractivity contribution in [2.75, 3.05) is 11.5 Å². The lowest BCUT2D eigenvalue weighted by Crippen LogP contribution is -2.31. The predicted octanol–water partition coefficient (Wildman–Crippen LogP) is -1.34. The van der Waals surface area contributed by atoms with Crippen LogP contribution in [0.5, 0.6) is 0 Å². The van der Waals surface area contributed by atoms with E-state index in [1.807, 2.05) is 0 Å². The van der Waals surface area contributed by atoms with Crippen molar-refractivity contribution < 1.29 is 0 Å². The topological polar surface area (TPSA) is 133 Å². The van der Waals surface area contributed by atoms with Crippen molar-refractivity contribution in [2.45, 2.75) is 13.5 Å². The molecule has 2 rings (SSSR count). The molecule has 0 aromatic carbocycles. The highest BCUT2D eigenvalue weighted by atomic mass is 16.2. The van der Waals surface area contributed by atoms with Crippen LogP contribution in [-0.4, -0.2) is 19.5 Å². The van der Waals surface area contributed by atoms with Gasteiger partial charge in [0.2, 0.25) is 5.95 Å². The smallest absolute Gasteiger partial charge is 0.329 e. The Morgan fingerprint density at radius 3 is 2.62 bits per heavy atom. The number of nitrogens with two attached hydrogens (primary N) is 2. The minimum atomic E-state index is -0.609. The van der Waals surface area contributed by atoms with Crippen molar-refractivity contribution in [3.8, 4) is 0 Å². The molecule has 0 unspecified atom stereocenters. The minimum Gasteiger partial charge on any atom is -0.383 e. The summed E-state index contributed by atoms with van der Waals surface area (Å²) in [5, 5.41) is 0.0793. The average molecular weight is 222 g/mol. The van der Waals surface area contributed by atoms with Crippen LogP contribution in [0.25, 0.3) is 11.0 Å². The molecule has 0 saturated heterocycles. The summed E-state index contributed by atoms with van der Waals surface area (Å²) in [5.74, 6) is -0.108. The summed E-state index contributed by atoms with van der Waals surface area (Å²) >= 11 is 0. The molecule has 0 aliphatic rings. The van der Waals surface area contributed by atoms with Gasteiger partial charge in [-0.25, -0.2) is 4.79 Å². The van der Waals surface area contributed by atoms with E-state index in [9.17, 15) is 9.59 Å². The highest BCUT2D eigenvalue weighted by molar-refractivity contribution is 5.85. The van der Waals surface area contributed by atoms with Crippen molar-refractivity contribution in [1.82, 2.24) is 19.5 Å². The molecule has 0 radical (unpaired) electrons. The maximum Gasteiger partial charge on any atom is 0.329 e. The fraction of sp³-hybridized carbons (Fsp3) is 0.250. The number of nitrogen functional groups attached to an aromatic ring is 2. The molecular weight excluding hydrogens is 212 g/mol. The zero-order chi connectivity index (χ0) is 11.9. The van der Waals surface area contributed by atoms with Crippen LogP contribution in [0.15, 0.2) is 9.59 Å².